The lowest BCUT2D eigenvalue weighted by Crippen LogP contribution is -2.28. The lowest BCUT2D eigenvalue weighted by molar-refractivity contribution is 0.509. The van der Waals surface area contributed by atoms with Crippen LogP contribution in [0.25, 0.3) is 12.3 Å². The molecule has 0 aliphatic carbocycles. The van der Waals surface area contributed by atoms with Gasteiger partial charge in [0.05, 0.1) is 5.02 Å². The Kier molecular flexibility index (Phi) is 2.51. The minimum atomic E-state index is 0.0108. The van der Waals surface area contributed by atoms with Gasteiger partial charge in [0, 0.05) is 6.20 Å². The first-order valence-electron chi connectivity index (χ1n) is 3.31. The fourth-order valence-corrected chi connectivity index (χ4v) is 0.989. The largest absolute Gasteiger partial charge is 0.506 e. The summed E-state index contributed by atoms with van der Waals surface area (Å²) in [4.78, 5) is 3.90. The van der Waals surface area contributed by atoms with E-state index in [4.69, 9.17) is 11.6 Å². The van der Waals surface area contributed by atoms with Gasteiger partial charge in [0.15, 0.2) is 0 Å². The zero-order valence-electron chi connectivity index (χ0n) is 6.42. The van der Waals surface area contributed by atoms with Crippen LogP contribution in [0.1, 0.15) is 0 Å². The Morgan fingerprint density at radius 1 is 1.67 bits per heavy atom. The molecule has 0 saturated carbocycles. The molecule has 1 aromatic rings. The van der Waals surface area contributed by atoms with E-state index >= 15 is 0 Å². The molecule has 2 nitrogen and oxygen atoms in total. The average molecular weight is 182 g/mol. The topological polar surface area (TPSA) is 33.1 Å². The Balaban J connectivity index is 3.58. The van der Waals surface area contributed by atoms with Crippen molar-refractivity contribution < 1.29 is 5.11 Å². The quantitative estimate of drug-likeness (QED) is 0.701. The van der Waals surface area contributed by atoms with Crippen LogP contribution in [0.15, 0.2) is 24.9 Å². The molecule has 0 amide bonds. The van der Waals surface area contributed by atoms with Crippen LogP contribution in [0.5, 0.6) is 0 Å². The van der Waals surface area contributed by atoms with Crippen molar-refractivity contribution in [3.8, 4) is 0 Å². The van der Waals surface area contributed by atoms with Crippen molar-refractivity contribution in [3.63, 3.8) is 0 Å². The molecule has 0 unspecified atom stereocenters. The Morgan fingerprint density at radius 2 is 2.33 bits per heavy atom. The number of halogens is 1. The number of aromatic nitrogens is 1. The first-order valence-corrected chi connectivity index (χ1v) is 3.69. The molecule has 1 aromatic heterocycles. The first kappa shape index (κ1) is 8.81. The average Bonchev–Trinajstić information content (AvgIpc) is 2.03. The van der Waals surface area contributed by atoms with E-state index in [0.717, 1.165) is 0 Å². The van der Waals surface area contributed by atoms with Gasteiger partial charge < -0.3 is 5.11 Å². The first-order chi connectivity index (χ1) is 5.65. The second-order valence-electron chi connectivity index (χ2n) is 2.25. The van der Waals surface area contributed by atoms with Crippen LogP contribution in [-0.2, 0) is 0 Å². The highest BCUT2D eigenvalue weighted by molar-refractivity contribution is 6.30. The normalized spacial score (nSPS) is 12.4. The standard InChI is InChI=1S/C9H8ClNO/c1-3-8(12)9-6(2)4-7(10)5-11-9/h3-5,12H,1-2H2/b9-8-. The van der Waals surface area contributed by atoms with Gasteiger partial charge in [0.25, 0.3) is 0 Å². The van der Waals surface area contributed by atoms with Crippen molar-refractivity contribution in [2.45, 2.75) is 0 Å². The van der Waals surface area contributed by atoms with Gasteiger partial charge in [-0.1, -0.05) is 24.8 Å². The van der Waals surface area contributed by atoms with Crippen molar-refractivity contribution in [1.29, 1.82) is 0 Å². The number of nitrogens with zero attached hydrogens (tertiary/aromatic N) is 1. The fourth-order valence-electron chi connectivity index (χ4n) is 0.809. The summed E-state index contributed by atoms with van der Waals surface area (Å²) in [6, 6.07) is 1.63. The third-order valence-electron chi connectivity index (χ3n) is 1.37. The van der Waals surface area contributed by atoms with E-state index in [1.807, 2.05) is 0 Å². The van der Waals surface area contributed by atoms with Gasteiger partial charge in [-0.05, 0) is 17.4 Å². The van der Waals surface area contributed by atoms with Gasteiger partial charge in [-0.15, -0.1) is 0 Å². The summed E-state index contributed by atoms with van der Waals surface area (Å²) in [6.07, 6.45) is 2.76. The molecule has 1 heterocycles. The minimum absolute atomic E-state index is 0.0108. The van der Waals surface area contributed by atoms with Gasteiger partial charge in [-0.3, -0.25) is 4.98 Å². The molecule has 1 rings (SSSR count). The van der Waals surface area contributed by atoms with E-state index in [9.17, 15) is 5.11 Å². The van der Waals surface area contributed by atoms with E-state index < -0.39 is 0 Å². The van der Waals surface area contributed by atoms with E-state index in [-0.39, 0.29) is 5.76 Å². The van der Waals surface area contributed by atoms with Gasteiger partial charge in [-0.25, -0.2) is 0 Å². The SMILES string of the molecule is C=C/C(O)=c1/ncc(Cl)cc1=C. The molecule has 12 heavy (non-hydrogen) atoms. The second kappa shape index (κ2) is 3.41. The molecule has 0 saturated heterocycles. The van der Waals surface area contributed by atoms with Crippen LogP contribution in [0.3, 0.4) is 0 Å². The second-order valence-corrected chi connectivity index (χ2v) is 2.69. The van der Waals surface area contributed by atoms with E-state index in [0.29, 0.717) is 15.6 Å². The van der Waals surface area contributed by atoms with Crippen LogP contribution in [0.4, 0.5) is 0 Å². The number of rotatable bonds is 1. The monoisotopic (exact) mass is 181 g/mol. The molecule has 62 valence electrons. The molecular formula is C9H8ClNO. The summed E-state index contributed by atoms with van der Waals surface area (Å²) in [7, 11) is 0. The Morgan fingerprint density at radius 3 is 2.83 bits per heavy atom. The maximum absolute atomic E-state index is 9.25. The van der Waals surface area contributed by atoms with Crippen LogP contribution >= 0.6 is 11.6 Å². The van der Waals surface area contributed by atoms with Gasteiger partial charge in [0.2, 0.25) is 0 Å². The van der Waals surface area contributed by atoms with Crippen molar-refractivity contribution in [2.24, 2.45) is 0 Å². The van der Waals surface area contributed by atoms with Gasteiger partial charge in [0.1, 0.15) is 11.1 Å². The Labute approximate surface area is 75.1 Å². The molecule has 1 N–H and O–H groups in total. The van der Waals surface area contributed by atoms with Gasteiger partial charge in [-0.2, -0.15) is 0 Å². The highest BCUT2D eigenvalue weighted by Crippen LogP contribution is 1.97. The molecule has 3 heteroatoms. The zero-order chi connectivity index (χ0) is 9.14. The fraction of sp³-hybridized carbons (Fsp3) is 0. The third-order valence-corrected chi connectivity index (χ3v) is 1.58. The molecule has 0 aliphatic rings. The molecule has 0 aromatic carbocycles. The number of aliphatic hydroxyl groups is 1. The van der Waals surface area contributed by atoms with Crippen molar-refractivity contribution >= 4 is 23.9 Å². The number of pyridine rings is 1. The van der Waals surface area contributed by atoms with Gasteiger partial charge >= 0.3 is 0 Å². The summed E-state index contributed by atoms with van der Waals surface area (Å²) in [5.74, 6) is 0.0108. The summed E-state index contributed by atoms with van der Waals surface area (Å²) < 4.78 is 0. The highest BCUT2D eigenvalue weighted by Gasteiger charge is 1.92. The summed E-state index contributed by atoms with van der Waals surface area (Å²) in [6.45, 7) is 7.09. The lowest BCUT2D eigenvalue weighted by Gasteiger charge is -1.92. The number of aliphatic hydroxyl groups excluding tert-OH is 1. The maximum Gasteiger partial charge on any atom is 0.141 e. The van der Waals surface area contributed by atoms with Crippen LogP contribution in [0, 0.1) is 0 Å². The molecular weight excluding hydrogens is 174 g/mol. The minimum Gasteiger partial charge on any atom is -0.506 e. The van der Waals surface area contributed by atoms with Crippen molar-refractivity contribution in [1.82, 2.24) is 4.98 Å². The lowest BCUT2D eigenvalue weighted by atomic mass is 10.3. The molecule has 0 radical (unpaired) electrons. The van der Waals surface area contributed by atoms with Crippen LogP contribution in [0.2, 0.25) is 5.02 Å². The summed E-state index contributed by atoms with van der Waals surface area (Å²) in [5.41, 5.74) is 0. The summed E-state index contributed by atoms with van der Waals surface area (Å²) >= 11 is 5.65. The number of hydrogen-bond acceptors (Lipinski definition) is 2. The van der Waals surface area contributed by atoms with Crippen molar-refractivity contribution in [2.75, 3.05) is 0 Å². The summed E-state index contributed by atoms with van der Waals surface area (Å²) in [5, 5.41) is 10.7. The smallest absolute Gasteiger partial charge is 0.141 e. The van der Waals surface area contributed by atoms with E-state index in [2.05, 4.69) is 18.1 Å². The van der Waals surface area contributed by atoms with Crippen molar-refractivity contribution in [3.05, 3.63) is 40.5 Å². The highest BCUT2D eigenvalue weighted by atomic mass is 35.5. The van der Waals surface area contributed by atoms with E-state index in [1.165, 1.54) is 12.3 Å². The van der Waals surface area contributed by atoms with E-state index in [1.54, 1.807) is 6.07 Å². The van der Waals surface area contributed by atoms with Crippen LogP contribution < -0.4 is 10.6 Å². The molecule has 0 spiro atoms. The molecule has 0 atom stereocenters. The zero-order valence-corrected chi connectivity index (χ0v) is 7.17. The third kappa shape index (κ3) is 1.66. The predicted molar refractivity (Wildman–Crippen MR) is 50.3 cm³/mol. The molecule has 0 aliphatic heterocycles. The Hall–Kier alpha value is -1.28. The predicted octanol–water partition coefficient (Wildman–Crippen LogP) is 0.998. The molecule has 0 fully saturated rings. The Bertz CT molecular complexity index is 411. The van der Waals surface area contributed by atoms with Crippen LogP contribution in [-0.4, -0.2) is 10.1 Å². The maximum atomic E-state index is 9.25. The molecule has 0 bridgehead atoms. The number of hydrogen-bond donors (Lipinski definition) is 1.